The minimum absolute atomic E-state index is 0.213. The molecule has 8 heteroatoms. The Kier molecular flexibility index (Phi) is 3.94. The topological polar surface area (TPSA) is 86.7 Å². The SMILES string of the molecule is O=S1(=O)OCCOS(=O)(=O)C1Cc1ccc2ccccc2c1. The van der Waals surface area contributed by atoms with Gasteiger partial charge in [-0.3, -0.25) is 8.37 Å². The fraction of sp³-hybridized carbons (Fsp3) is 0.286. The lowest BCUT2D eigenvalue weighted by Crippen LogP contribution is -2.32. The Hall–Kier alpha value is -1.48. The normalized spacial score (nSPS) is 21.5. The average Bonchev–Trinajstić information content (AvgIpc) is 2.58. The van der Waals surface area contributed by atoms with Gasteiger partial charge in [0.05, 0.1) is 13.2 Å². The van der Waals surface area contributed by atoms with E-state index in [4.69, 9.17) is 0 Å². The zero-order chi connectivity index (χ0) is 15.8. The maximum absolute atomic E-state index is 12.0. The molecule has 2 aromatic rings. The molecule has 0 atom stereocenters. The summed E-state index contributed by atoms with van der Waals surface area (Å²) in [5, 5.41) is 1.90. The Morgan fingerprint density at radius 1 is 0.864 bits per heavy atom. The molecular weight excluding hydrogens is 328 g/mol. The van der Waals surface area contributed by atoms with Gasteiger partial charge in [-0.05, 0) is 16.3 Å². The highest BCUT2D eigenvalue weighted by Crippen LogP contribution is 2.24. The molecule has 6 nitrogen and oxygen atoms in total. The van der Waals surface area contributed by atoms with Crippen molar-refractivity contribution in [1.82, 2.24) is 0 Å². The van der Waals surface area contributed by atoms with Gasteiger partial charge in [-0.25, -0.2) is 0 Å². The van der Waals surface area contributed by atoms with Crippen LogP contribution in [0, 0.1) is 0 Å². The molecule has 1 fully saturated rings. The summed E-state index contributed by atoms with van der Waals surface area (Å²) in [6.45, 7) is -0.592. The molecule has 0 unspecified atom stereocenters. The third-order valence-electron chi connectivity index (χ3n) is 3.44. The van der Waals surface area contributed by atoms with Crippen molar-refractivity contribution in [2.75, 3.05) is 13.2 Å². The molecule has 1 saturated heterocycles. The molecule has 0 radical (unpaired) electrons. The smallest absolute Gasteiger partial charge is 0.267 e. The van der Waals surface area contributed by atoms with Crippen molar-refractivity contribution in [2.24, 2.45) is 0 Å². The lowest BCUT2D eigenvalue weighted by molar-refractivity contribution is 0.237. The van der Waals surface area contributed by atoms with Gasteiger partial charge < -0.3 is 0 Å². The second-order valence-corrected chi connectivity index (χ2v) is 8.82. The Balaban J connectivity index is 2.01. The highest BCUT2D eigenvalue weighted by Gasteiger charge is 2.42. The molecule has 22 heavy (non-hydrogen) atoms. The van der Waals surface area contributed by atoms with E-state index < -0.39 is 24.8 Å². The van der Waals surface area contributed by atoms with Crippen LogP contribution in [-0.4, -0.2) is 34.6 Å². The van der Waals surface area contributed by atoms with E-state index in [0.717, 1.165) is 10.8 Å². The van der Waals surface area contributed by atoms with Gasteiger partial charge in [0.2, 0.25) is 4.58 Å². The van der Waals surface area contributed by atoms with Crippen LogP contribution in [0.25, 0.3) is 10.8 Å². The predicted octanol–water partition coefficient (Wildman–Crippen LogP) is 1.41. The van der Waals surface area contributed by atoms with E-state index in [1.165, 1.54) is 0 Å². The number of rotatable bonds is 2. The lowest BCUT2D eigenvalue weighted by Gasteiger charge is -2.13. The van der Waals surface area contributed by atoms with Crippen LogP contribution in [0.2, 0.25) is 0 Å². The summed E-state index contributed by atoms with van der Waals surface area (Å²) in [6, 6.07) is 12.8. The van der Waals surface area contributed by atoms with E-state index in [0.29, 0.717) is 5.56 Å². The number of hydrogen-bond donors (Lipinski definition) is 0. The summed E-state index contributed by atoms with van der Waals surface area (Å²) in [7, 11) is -8.46. The zero-order valence-corrected chi connectivity index (χ0v) is 13.1. The molecule has 1 aliphatic heterocycles. The van der Waals surface area contributed by atoms with Crippen molar-refractivity contribution < 1.29 is 25.2 Å². The molecule has 0 amide bonds. The molecule has 118 valence electrons. The second-order valence-electron chi connectivity index (χ2n) is 4.94. The van der Waals surface area contributed by atoms with Crippen LogP contribution in [0.4, 0.5) is 0 Å². The van der Waals surface area contributed by atoms with Gasteiger partial charge in [-0.1, -0.05) is 42.5 Å². The van der Waals surface area contributed by atoms with Crippen LogP contribution in [0.5, 0.6) is 0 Å². The average molecular weight is 342 g/mol. The second kappa shape index (κ2) is 5.62. The first-order chi connectivity index (χ1) is 10.4. The van der Waals surface area contributed by atoms with Crippen LogP contribution in [-0.2, 0) is 35.0 Å². The quantitative estimate of drug-likeness (QED) is 0.767. The van der Waals surface area contributed by atoms with E-state index in [2.05, 4.69) is 8.37 Å². The summed E-state index contributed by atoms with van der Waals surface area (Å²) in [4.78, 5) is 0. The molecule has 1 aliphatic rings. The predicted molar refractivity (Wildman–Crippen MR) is 81.2 cm³/mol. The number of hydrogen-bond acceptors (Lipinski definition) is 6. The van der Waals surface area contributed by atoms with E-state index in [9.17, 15) is 16.8 Å². The van der Waals surface area contributed by atoms with Crippen molar-refractivity contribution in [3.05, 3.63) is 48.0 Å². The van der Waals surface area contributed by atoms with Gasteiger partial charge in [-0.15, -0.1) is 0 Å². The molecule has 0 N–H and O–H groups in total. The summed E-state index contributed by atoms with van der Waals surface area (Å²) in [5.74, 6) is 0. The van der Waals surface area contributed by atoms with Gasteiger partial charge in [0.25, 0.3) is 20.2 Å². The highest BCUT2D eigenvalue weighted by atomic mass is 32.3. The van der Waals surface area contributed by atoms with Crippen molar-refractivity contribution >= 4 is 31.0 Å². The Morgan fingerprint density at radius 2 is 1.45 bits per heavy atom. The van der Waals surface area contributed by atoms with Crippen molar-refractivity contribution in [2.45, 2.75) is 11.0 Å². The van der Waals surface area contributed by atoms with Gasteiger partial charge >= 0.3 is 0 Å². The monoisotopic (exact) mass is 342 g/mol. The molecule has 0 saturated carbocycles. The molecule has 3 rings (SSSR count). The summed E-state index contributed by atoms with van der Waals surface area (Å²) < 4.78 is 55.6. The zero-order valence-electron chi connectivity index (χ0n) is 11.5. The van der Waals surface area contributed by atoms with Crippen molar-refractivity contribution in [3.63, 3.8) is 0 Å². The highest BCUT2D eigenvalue weighted by molar-refractivity contribution is 8.04. The summed E-state index contributed by atoms with van der Waals surface area (Å²) in [6.07, 6.45) is -0.213. The Morgan fingerprint density at radius 3 is 2.09 bits per heavy atom. The van der Waals surface area contributed by atoms with Crippen LogP contribution >= 0.6 is 0 Å². The van der Waals surface area contributed by atoms with E-state index >= 15 is 0 Å². The summed E-state index contributed by atoms with van der Waals surface area (Å²) >= 11 is 0. The molecule has 0 aliphatic carbocycles. The lowest BCUT2D eigenvalue weighted by atomic mass is 10.1. The van der Waals surface area contributed by atoms with Crippen molar-refractivity contribution in [1.29, 1.82) is 0 Å². The summed E-state index contributed by atoms with van der Waals surface area (Å²) in [5.41, 5.74) is 0.588. The van der Waals surface area contributed by atoms with Crippen LogP contribution in [0.15, 0.2) is 42.5 Å². The van der Waals surface area contributed by atoms with Gasteiger partial charge in [0.15, 0.2) is 0 Å². The third kappa shape index (κ3) is 3.00. The molecule has 2 aromatic carbocycles. The van der Waals surface area contributed by atoms with Crippen LogP contribution < -0.4 is 0 Å². The standard InChI is InChI=1S/C14H14O6S2/c15-21(16)14(22(17,18)20-8-7-19-21)10-11-5-6-12-3-1-2-4-13(12)9-11/h1-6,9,14H,7-8,10H2. The maximum Gasteiger partial charge on any atom is 0.287 e. The minimum Gasteiger partial charge on any atom is -0.267 e. The van der Waals surface area contributed by atoms with E-state index in [1.54, 1.807) is 12.1 Å². The van der Waals surface area contributed by atoms with Crippen LogP contribution in [0.3, 0.4) is 0 Å². The van der Waals surface area contributed by atoms with Gasteiger partial charge in [-0.2, -0.15) is 16.8 Å². The van der Waals surface area contributed by atoms with Gasteiger partial charge in [0, 0.05) is 6.42 Å². The molecular formula is C14H14O6S2. The van der Waals surface area contributed by atoms with E-state index in [1.807, 2.05) is 30.3 Å². The minimum atomic E-state index is -4.23. The van der Waals surface area contributed by atoms with E-state index in [-0.39, 0.29) is 19.6 Å². The molecule has 0 aromatic heterocycles. The first-order valence-corrected chi connectivity index (χ1v) is 9.57. The first-order valence-electron chi connectivity index (χ1n) is 6.63. The molecule has 0 spiro atoms. The van der Waals surface area contributed by atoms with Gasteiger partial charge in [0.1, 0.15) is 0 Å². The van der Waals surface area contributed by atoms with Crippen LogP contribution in [0.1, 0.15) is 5.56 Å². The number of benzene rings is 2. The van der Waals surface area contributed by atoms with Crippen molar-refractivity contribution in [3.8, 4) is 0 Å². The molecule has 1 heterocycles. The Labute approximate surface area is 128 Å². The third-order valence-corrected chi connectivity index (χ3v) is 7.46. The molecule has 0 bridgehead atoms. The fourth-order valence-electron chi connectivity index (χ4n) is 2.36. The number of fused-ring (bicyclic) bond motifs is 1. The largest absolute Gasteiger partial charge is 0.287 e. The Bertz CT molecular complexity index is 866. The maximum atomic E-state index is 12.0. The first kappa shape index (κ1) is 15.4. The fourth-order valence-corrected chi connectivity index (χ4v) is 5.54.